The molecule has 0 radical (unpaired) electrons. The zero-order chi connectivity index (χ0) is 38.1. The van der Waals surface area contributed by atoms with Gasteiger partial charge in [0.05, 0.1) is 34.8 Å². The van der Waals surface area contributed by atoms with E-state index in [0.717, 1.165) is 69.0 Å². The molecule has 2 amide bonds. The number of cyclic esters (lactones) is 1. The predicted molar refractivity (Wildman–Crippen MR) is 210 cm³/mol. The number of amides is 2. The average molecular weight is 743 g/mol. The fourth-order valence-corrected chi connectivity index (χ4v) is 8.54. The van der Waals surface area contributed by atoms with Crippen molar-refractivity contribution in [3.05, 3.63) is 58.2 Å². The maximum absolute atomic E-state index is 14.2. The number of rotatable bonds is 8. The zero-order valence-corrected chi connectivity index (χ0v) is 33.0. The largest absolute Gasteiger partial charge is 0.464 e. The van der Waals surface area contributed by atoms with Crippen LogP contribution in [0, 0.1) is 11.3 Å². The van der Waals surface area contributed by atoms with Crippen LogP contribution in [-0.2, 0) is 43.2 Å². The fourth-order valence-electron chi connectivity index (χ4n) is 7.69. The van der Waals surface area contributed by atoms with Gasteiger partial charge in [0.2, 0.25) is 5.91 Å². The molecule has 1 aliphatic carbocycles. The lowest BCUT2D eigenvalue weighted by atomic mass is 9.84. The molecule has 6 rings (SSSR count). The number of carbonyl (C=O) groups is 3. The fraction of sp³-hybridized carbons (Fsp3) is 0.537. The summed E-state index contributed by atoms with van der Waals surface area (Å²) in [7, 11) is 1.68. The second kappa shape index (κ2) is 15.7. The Labute approximate surface area is 316 Å². The molecule has 2 aromatic heterocycles. The van der Waals surface area contributed by atoms with Crippen molar-refractivity contribution >= 4 is 51.8 Å². The number of nitrogens with zero attached hydrogens (tertiary/aromatic N) is 4. The van der Waals surface area contributed by atoms with E-state index in [2.05, 4.69) is 60.9 Å². The highest BCUT2D eigenvalue weighted by atomic mass is 32.1. The van der Waals surface area contributed by atoms with Gasteiger partial charge in [-0.05, 0) is 77.5 Å². The number of hydrazine groups is 1. The lowest BCUT2D eigenvalue weighted by Crippen LogP contribution is -2.66. The number of esters is 1. The molecular weight excluding hydrogens is 689 g/mol. The highest BCUT2D eigenvalue weighted by molar-refractivity contribution is 7.10. The van der Waals surface area contributed by atoms with Gasteiger partial charge in [0.15, 0.2) is 0 Å². The second-order valence-corrected chi connectivity index (χ2v) is 16.5. The molecule has 2 aliphatic heterocycles. The highest BCUT2D eigenvalue weighted by Crippen LogP contribution is 2.40. The van der Waals surface area contributed by atoms with Crippen molar-refractivity contribution in [2.75, 3.05) is 20.3 Å². The number of benzene rings is 1. The minimum atomic E-state index is -1.12. The SMILES string of the molecule is C=C/C(=C(\N=C/C)[C@H](C)OC)c1c2c3cc(ccc3n1CC)-c1csc(n1)C[C@H](NC(=O)C1CCC1)C(=O)N1CCC[C@@](C)(N1)C(=O)OCC(C)(C)C2. The van der Waals surface area contributed by atoms with Gasteiger partial charge in [-0.3, -0.25) is 19.6 Å². The second-order valence-electron chi connectivity index (χ2n) is 15.5. The van der Waals surface area contributed by atoms with Crippen LogP contribution in [0.2, 0.25) is 0 Å². The van der Waals surface area contributed by atoms with Crippen LogP contribution in [0.1, 0.15) is 89.9 Å². The average Bonchev–Trinajstić information content (AvgIpc) is 3.70. The van der Waals surface area contributed by atoms with E-state index in [4.69, 9.17) is 19.5 Å². The van der Waals surface area contributed by atoms with Crippen molar-refractivity contribution in [2.45, 2.75) is 111 Å². The Balaban J connectivity index is 1.52. The molecule has 0 unspecified atom stereocenters. The van der Waals surface area contributed by atoms with Crippen LogP contribution in [-0.4, -0.2) is 76.5 Å². The number of allylic oxidation sites excluding steroid dienone is 2. The Bertz CT molecular complexity index is 1950. The molecule has 12 heteroatoms. The van der Waals surface area contributed by atoms with Crippen LogP contribution >= 0.6 is 11.3 Å². The number of ether oxygens (including phenoxy) is 2. The summed E-state index contributed by atoms with van der Waals surface area (Å²) in [6.45, 7) is 17.5. The van der Waals surface area contributed by atoms with Gasteiger partial charge in [-0.25, -0.2) is 15.2 Å². The van der Waals surface area contributed by atoms with Gasteiger partial charge in [-0.1, -0.05) is 39.0 Å². The lowest BCUT2D eigenvalue weighted by molar-refractivity contribution is -0.162. The van der Waals surface area contributed by atoms with E-state index in [0.29, 0.717) is 32.4 Å². The summed E-state index contributed by atoms with van der Waals surface area (Å²) in [5, 5.41) is 8.39. The number of thiazole rings is 1. The van der Waals surface area contributed by atoms with E-state index < -0.39 is 23.0 Å². The molecule has 53 heavy (non-hydrogen) atoms. The molecule has 4 heterocycles. The molecule has 6 bridgehead atoms. The van der Waals surface area contributed by atoms with Crippen molar-refractivity contribution in [3.8, 4) is 11.3 Å². The van der Waals surface area contributed by atoms with Gasteiger partial charge < -0.3 is 19.4 Å². The summed E-state index contributed by atoms with van der Waals surface area (Å²) in [4.78, 5) is 51.1. The van der Waals surface area contributed by atoms with Crippen molar-refractivity contribution in [1.29, 1.82) is 0 Å². The topological polar surface area (TPSA) is 127 Å². The summed E-state index contributed by atoms with van der Waals surface area (Å²) in [6, 6.07) is 5.59. The molecule has 3 atom stereocenters. The van der Waals surface area contributed by atoms with E-state index in [9.17, 15) is 14.4 Å². The number of hydrogen-bond acceptors (Lipinski definition) is 9. The molecule has 3 aromatic rings. The van der Waals surface area contributed by atoms with E-state index in [-0.39, 0.29) is 36.9 Å². The van der Waals surface area contributed by atoms with Gasteiger partial charge >= 0.3 is 5.97 Å². The summed E-state index contributed by atoms with van der Waals surface area (Å²) in [6.07, 6.45) is 7.96. The normalized spacial score (nSPS) is 23.6. The van der Waals surface area contributed by atoms with Gasteiger partial charge in [0, 0.05) is 71.6 Å². The Morgan fingerprint density at radius 3 is 2.70 bits per heavy atom. The molecule has 11 nitrogen and oxygen atoms in total. The van der Waals surface area contributed by atoms with E-state index in [1.165, 1.54) is 16.3 Å². The third-order valence-electron chi connectivity index (χ3n) is 10.9. The first-order valence-corrected chi connectivity index (χ1v) is 19.8. The molecule has 2 fully saturated rings. The third-order valence-corrected chi connectivity index (χ3v) is 11.8. The number of hydrogen-bond donors (Lipinski definition) is 2. The number of nitrogens with one attached hydrogen (secondary N) is 2. The summed E-state index contributed by atoms with van der Waals surface area (Å²) in [5.74, 6) is -0.886. The van der Waals surface area contributed by atoms with Crippen molar-refractivity contribution < 1.29 is 23.9 Å². The van der Waals surface area contributed by atoms with Crippen LogP contribution in [0.5, 0.6) is 0 Å². The Kier molecular flexibility index (Phi) is 11.4. The van der Waals surface area contributed by atoms with E-state index in [1.54, 1.807) is 20.2 Å². The van der Waals surface area contributed by atoms with Crippen LogP contribution < -0.4 is 10.7 Å². The number of methoxy groups -OCH3 is 1. The molecule has 3 aliphatic rings. The number of aryl methyl sites for hydroxylation is 1. The Hall–Kier alpha value is -4.13. The molecule has 1 saturated heterocycles. The maximum atomic E-state index is 14.2. The molecule has 284 valence electrons. The third kappa shape index (κ3) is 7.77. The van der Waals surface area contributed by atoms with Gasteiger partial charge in [-0.15, -0.1) is 11.3 Å². The van der Waals surface area contributed by atoms with Crippen molar-refractivity contribution in [2.24, 2.45) is 16.3 Å². The highest BCUT2D eigenvalue weighted by Gasteiger charge is 2.43. The monoisotopic (exact) mass is 742 g/mol. The number of aromatic nitrogens is 2. The molecule has 1 saturated carbocycles. The predicted octanol–water partition coefficient (Wildman–Crippen LogP) is 6.65. The van der Waals surface area contributed by atoms with E-state index in [1.807, 2.05) is 25.3 Å². The first-order chi connectivity index (χ1) is 25.3. The minimum absolute atomic E-state index is 0.0825. The summed E-state index contributed by atoms with van der Waals surface area (Å²) >= 11 is 1.48. The maximum Gasteiger partial charge on any atom is 0.327 e. The van der Waals surface area contributed by atoms with Gasteiger partial charge in [-0.2, -0.15) is 0 Å². The zero-order valence-electron chi connectivity index (χ0n) is 32.2. The Morgan fingerprint density at radius 2 is 2.04 bits per heavy atom. The van der Waals surface area contributed by atoms with Crippen LogP contribution in [0.15, 0.2) is 46.9 Å². The quantitative estimate of drug-likeness (QED) is 0.151. The van der Waals surface area contributed by atoms with E-state index >= 15 is 0 Å². The van der Waals surface area contributed by atoms with Crippen molar-refractivity contribution in [1.82, 2.24) is 25.3 Å². The molecule has 0 spiro atoms. The van der Waals surface area contributed by atoms with Crippen molar-refractivity contribution in [3.63, 3.8) is 0 Å². The molecule has 1 aromatic carbocycles. The summed E-state index contributed by atoms with van der Waals surface area (Å²) < 4.78 is 14.2. The Morgan fingerprint density at radius 1 is 1.26 bits per heavy atom. The van der Waals surface area contributed by atoms with Crippen LogP contribution in [0.25, 0.3) is 27.7 Å². The van der Waals surface area contributed by atoms with Crippen LogP contribution in [0.4, 0.5) is 0 Å². The summed E-state index contributed by atoms with van der Waals surface area (Å²) in [5.41, 5.74) is 8.20. The number of fused-ring (bicyclic) bond motifs is 6. The smallest absolute Gasteiger partial charge is 0.327 e. The van der Waals surface area contributed by atoms with Gasteiger partial charge in [0.25, 0.3) is 5.91 Å². The molecule has 2 N–H and O–H groups in total. The first kappa shape index (κ1) is 38.6. The number of aliphatic imine (C=N–C) groups is 1. The number of carbonyl (C=O) groups excluding carboxylic acids is 3. The van der Waals surface area contributed by atoms with Gasteiger partial charge in [0.1, 0.15) is 11.6 Å². The minimum Gasteiger partial charge on any atom is -0.464 e. The lowest BCUT2D eigenvalue weighted by Gasteiger charge is -2.41. The standard InChI is InChI=1S/C41H54N6O5S/c1-9-28(35(42-10-2)25(4)51-8)36-30-22-40(5,6)24-52-39(50)41(7)18-13-19-47(45-41)38(49)31(44-37(48)26-14-12-15-26)21-34-43-32(23-53-34)27-16-17-33(29(30)20-27)46(36)11-3/h9-10,16-17,20,23,25-26,31,45H,1,11-15,18-19,21-22,24H2,2-8H3,(H,44,48)/b35-28+,42-10-/t25-,31-,41+/m0/s1. The molecular formula is C41H54N6O5S. The van der Waals surface area contributed by atoms with Crippen LogP contribution in [0.3, 0.4) is 0 Å². The first-order valence-electron chi connectivity index (χ1n) is 18.9.